The van der Waals surface area contributed by atoms with Gasteiger partial charge in [0.25, 0.3) is 0 Å². The van der Waals surface area contributed by atoms with Crippen molar-refractivity contribution >= 4 is 21.6 Å². The van der Waals surface area contributed by atoms with E-state index >= 15 is 0 Å². The van der Waals surface area contributed by atoms with Gasteiger partial charge in [0.2, 0.25) is 0 Å². The van der Waals surface area contributed by atoms with Gasteiger partial charge in [-0.1, -0.05) is 12.1 Å². The number of halogens is 2. The van der Waals surface area contributed by atoms with Gasteiger partial charge in [-0.15, -0.1) is 0 Å². The number of hydrogen-bond acceptors (Lipinski definition) is 2. The predicted molar refractivity (Wildman–Crippen MR) is 70.4 cm³/mol. The van der Waals surface area contributed by atoms with E-state index < -0.39 is 0 Å². The molecule has 2 nitrogen and oxygen atoms in total. The zero-order valence-corrected chi connectivity index (χ0v) is 11.0. The number of rotatable bonds is 3. The number of aromatic nitrogens is 1. The summed E-state index contributed by atoms with van der Waals surface area (Å²) in [4.78, 5) is 4.25. The minimum absolute atomic E-state index is 0.272. The summed E-state index contributed by atoms with van der Waals surface area (Å²) < 4.78 is 14.2. The standard InChI is InChI=1S/C13H12BrFN2/c1-9-5-6-10(16-7-9)8-17-13-11(14)3-2-4-12(13)15/h2-7,17H,8H2,1H3. The first-order chi connectivity index (χ1) is 8.16. The van der Waals surface area contributed by atoms with Crippen molar-refractivity contribution in [3.05, 3.63) is 58.1 Å². The van der Waals surface area contributed by atoms with E-state index in [1.165, 1.54) is 6.07 Å². The van der Waals surface area contributed by atoms with Crippen molar-refractivity contribution in [2.45, 2.75) is 13.5 Å². The van der Waals surface area contributed by atoms with E-state index in [2.05, 4.69) is 26.2 Å². The smallest absolute Gasteiger partial charge is 0.147 e. The zero-order valence-electron chi connectivity index (χ0n) is 9.37. The number of nitrogens with zero attached hydrogens (tertiary/aromatic N) is 1. The van der Waals surface area contributed by atoms with E-state index in [4.69, 9.17) is 0 Å². The summed E-state index contributed by atoms with van der Waals surface area (Å²) in [5.41, 5.74) is 2.46. The molecule has 4 heteroatoms. The Bertz CT molecular complexity index is 491. The summed E-state index contributed by atoms with van der Waals surface area (Å²) in [6.07, 6.45) is 1.80. The van der Waals surface area contributed by atoms with Crippen LogP contribution in [-0.4, -0.2) is 4.98 Å². The number of nitrogens with one attached hydrogen (secondary N) is 1. The zero-order chi connectivity index (χ0) is 12.3. The van der Waals surface area contributed by atoms with Crippen LogP contribution < -0.4 is 5.32 Å². The van der Waals surface area contributed by atoms with Crippen molar-refractivity contribution in [2.24, 2.45) is 0 Å². The van der Waals surface area contributed by atoms with Crippen molar-refractivity contribution in [2.75, 3.05) is 5.32 Å². The Balaban J connectivity index is 2.10. The summed E-state index contributed by atoms with van der Waals surface area (Å²) in [7, 11) is 0. The molecule has 2 aromatic rings. The van der Waals surface area contributed by atoms with Crippen LogP contribution in [-0.2, 0) is 6.54 Å². The molecule has 88 valence electrons. The maximum atomic E-state index is 13.5. The number of anilines is 1. The van der Waals surface area contributed by atoms with Crippen LogP contribution in [0.3, 0.4) is 0 Å². The summed E-state index contributed by atoms with van der Waals surface area (Å²) in [6, 6.07) is 8.80. The molecule has 0 radical (unpaired) electrons. The van der Waals surface area contributed by atoms with Gasteiger partial charge in [0.1, 0.15) is 5.82 Å². The Kier molecular flexibility index (Phi) is 3.74. The lowest BCUT2D eigenvalue weighted by Crippen LogP contribution is -2.03. The second-order valence-electron chi connectivity index (χ2n) is 3.78. The van der Waals surface area contributed by atoms with Crippen LogP contribution >= 0.6 is 15.9 Å². The van der Waals surface area contributed by atoms with Crippen LogP contribution in [0.25, 0.3) is 0 Å². The molecular weight excluding hydrogens is 283 g/mol. The molecule has 0 saturated carbocycles. The molecule has 1 N–H and O–H groups in total. The van der Waals surface area contributed by atoms with E-state index in [0.717, 1.165) is 11.3 Å². The second-order valence-corrected chi connectivity index (χ2v) is 4.63. The fraction of sp³-hybridized carbons (Fsp3) is 0.154. The Morgan fingerprint density at radius 3 is 2.76 bits per heavy atom. The Labute approximate surface area is 108 Å². The van der Waals surface area contributed by atoms with Crippen LogP contribution in [0.5, 0.6) is 0 Å². The fourth-order valence-corrected chi connectivity index (χ4v) is 1.93. The van der Waals surface area contributed by atoms with Crippen molar-refractivity contribution in [1.29, 1.82) is 0 Å². The van der Waals surface area contributed by atoms with Crippen LogP contribution in [0.15, 0.2) is 41.0 Å². The molecule has 0 fully saturated rings. The van der Waals surface area contributed by atoms with Gasteiger partial charge in [-0.3, -0.25) is 4.98 Å². The van der Waals surface area contributed by atoms with E-state index in [-0.39, 0.29) is 5.82 Å². The van der Waals surface area contributed by atoms with E-state index in [0.29, 0.717) is 16.7 Å². The van der Waals surface area contributed by atoms with Gasteiger partial charge in [0, 0.05) is 10.7 Å². The highest BCUT2D eigenvalue weighted by molar-refractivity contribution is 9.10. The van der Waals surface area contributed by atoms with Gasteiger partial charge in [-0.05, 0) is 46.6 Å². The number of pyridine rings is 1. The van der Waals surface area contributed by atoms with Gasteiger partial charge >= 0.3 is 0 Å². The van der Waals surface area contributed by atoms with Crippen LogP contribution in [0, 0.1) is 12.7 Å². The quantitative estimate of drug-likeness (QED) is 0.928. The third-order valence-electron chi connectivity index (χ3n) is 2.38. The molecule has 1 aromatic carbocycles. The summed E-state index contributed by atoms with van der Waals surface area (Å²) in [6.45, 7) is 2.48. The molecule has 0 bridgehead atoms. The van der Waals surface area contributed by atoms with Gasteiger partial charge < -0.3 is 5.32 Å². The van der Waals surface area contributed by atoms with Crippen molar-refractivity contribution < 1.29 is 4.39 Å². The molecule has 0 aliphatic heterocycles. The van der Waals surface area contributed by atoms with E-state index in [1.54, 1.807) is 18.3 Å². The molecule has 0 aliphatic rings. The number of para-hydroxylation sites is 1. The third kappa shape index (κ3) is 3.03. The third-order valence-corrected chi connectivity index (χ3v) is 3.04. The van der Waals surface area contributed by atoms with Crippen molar-refractivity contribution in [3.8, 4) is 0 Å². The first-order valence-electron chi connectivity index (χ1n) is 5.26. The number of hydrogen-bond donors (Lipinski definition) is 1. The van der Waals surface area contributed by atoms with Gasteiger partial charge in [-0.25, -0.2) is 4.39 Å². The highest BCUT2D eigenvalue weighted by Gasteiger charge is 2.05. The summed E-state index contributed by atoms with van der Waals surface area (Å²) in [5, 5.41) is 3.03. The molecule has 0 saturated heterocycles. The molecule has 0 aliphatic carbocycles. The lowest BCUT2D eigenvalue weighted by Gasteiger charge is -2.09. The highest BCUT2D eigenvalue weighted by Crippen LogP contribution is 2.25. The Morgan fingerprint density at radius 1 is 1.29 bits per heavy atom. The van der Waals surface area contributed by atoms with Crippen molar-refractivity contribution in [1.82, 2.24) is 4.98 Å². The van der Waals surface area contributed by atoms with Gasteiger partial charge in [0.15, 0.2) is 0 Å². The minimum atomic E-state index is -0.272. The number of benzene rings is 1. The van der Waals surface area contributed by atoms with Crippen LogP contribution in [0.4, 0.5) is 10.1 Å². The second kappa shape index (κ2) is 5.27. The van der Waals surface area contributed by atoms with Crippen LogP contribution in [0.1, 0.15) is 11.3 Å². The van der Waals surface area contributed by atoms with Gasteiger partial charge in [0.05, 0.1) is 17.9 Å². The van der Waals surface area contributed by atoms with Crippen LogP contribution in [0.2, 0.25) is 0 Å². The first-order valence-corrected chi connectivity index (χ1v) is 6.05. The molecule has 0 unspecified atom stereocenters. The molecule has 0 spiro atoms. The SMILES string of the molecule is Cc1ccc(CNc2c(F)cccc2Br)nc1. The molecule has 1 heterocycles. The lowest BCUT2D eigenvalue weighted by atomic mass is 10.2. The average Bonchev–Trinajstić information content (AvgIpc) is 2.31. The fourth-order valence-electron chi connectivity index (χ4n) is 1.45. The van der Waals surface area contributed by atoms with Crippen molar-refractivity contribution in [3.63, 3.8) is 0 Å². The van der Waals surface area contributed by atoms with E-state index in [1.807, 2.05) is 19.1 Å². The minimum Gasteiger partial charge on any atom is -0.376 e. The normalized spacial score (nSPS) is 10.3. The Hall–Kier alpha value is -1.42. The van der Waals surface area contributed by atoms with Gasteiger partial charge in [-0.2, -0.15) is 0 Å². The monoisotopic (exact) mass is 294 g/mol. The first kappa shape index (κ1) is 12.0. The Morgan fingerprint density at radius 2 is 2.12 bits per heavy atom. The van der Waals surface area contributed by atoms with E-state index in [9.17, 15) is 4.39 Å². The molecule has 1 aromatic heterocycles. The molecule has 2 rings (SSSR count). The average molecular weight is 295 g/mol. The molecule has 0 amide bonds. The molecular formula is C13H12BrFN2. The maximum absolute atomic E-state index is 13.5. The predicted octanol–water partition coefficient (Wildman–Crippen LogP) is 3.90. The summed E-state index contributed by atoms with van der Waals surface area (Å²) >= 11 is 3.31. The molecule has 0 atom stereocenters. The molecule has 17 heavy (non-hydrogen) atoms. The number of aryl methyl sites for hydroxylation is 1. The highest BCUT2D eigenvalue weighted by atomic mass is 79.9. The summed E-state index contributed by atoms with van der Waals surface area (Å²) in [5.74, 6) is -0.272. The lowest BCUT2D eigenvalue weighted by molar-refractivity contribution is 0.629. The largest absolute Gasteiger partial charge is 0.376 e. The maximum Gasteiger partial charge on any atom is 0.147 e. The topological polar surface area (TPSA) is 24.9 Å².